The summed E-state index contributed by atoms with van der Waals surface area (Å²) < 4.78 is 79.4. The van der Waals surface area contributed by atoms with Crippen molar-refractivity contribution in [3.05, 3.63) is 35.0 Å². The molecule has 0 saturated carbocycles. The van der Waals surface area contributed by atoms with E-state index in [-0.39, 0.29) is 35.0 Å². The van der Waals surface area contributed by atoms with Crippen molar-refractivity contribution < 1.29 is 31.1 Å². The number of hydrogen-bond acceptors (Lipinski definition) is 2. The van der Waals surface area contributed by atoms with Crippen LogP contribution in [0.2, 0.25) is 0 Å². The molecule has 0 spiro atoms. The van der Waals surface area contributed by atoms with Gasteiger partial charge in [-0.3, -0.25) is 4.79 Å². The first kappa shape index (κ1) is 21.5. The second-order valence-corrected chi connectivity index (χ2v) is 7.86. The first-order chi connectivity index (χ1) is 13.3. The minimum absolute atomic E-state index is 0.0211. The van der Waals surface area contributed by atoms with Crippen molar-refractivity contribution >= 4 is 16.8 Å². The van der Waals surface area contributed by atoms with E-state index in [1.807, 2.05) is 0 Å². The SMILES string of the molecule is CC(C)(CC(=O)N1CCNCC1)c1cc2c(C(F)(F)F)cc(C(F)(F)F)cc2[nH]1. The topological polar surface area (TPSA) is 48.1 Å². The van der Waals surface area contributed by atoms with Crippen molar-refractivity contribution in [1.29, 1.82) is 0 Å². The van der Waals surface area contributed by atoms with Crippen LogP contribution in [0.3, 0.4) is 0 Å². The number of alkyl halides is 6. The molecule has 29 heavy (non-hydrogen) atoms. The van der Waals surface area contributed by atoms with E-state index in [1.54, 1.807) is 18.7 Å². The van der Waals surface area contributed by atoms with Crippen LogP contribution in [0.1, 0.15) is 37.1 Å². The van der Waals surface area contributed by atoms with Gasteiger partial charge in [-0.05, 0) is 18.2 Å². The molecule has 2 heterocycles. The third kappa shape index (κ3) is 4.52. The highest BCUT2D eigenvalue weighted by Gasteiger charge is 2.39. The average Bonchev–Trinajstić information content (AvgIpc) is 3.04. The van der Waals surface area contributed by atoms with Crippen molar-refractivity contribution in [1.82, 2.24) is 15.2 Å². The van der Waals surface area contributed by atoms with Crippen molar-refractivity contribution in [3.8, 4) is 0 Å². The summed E-state index contributed by atoms with van der Waals surface area (Å²) in [6.45, 7) is 5.75. The number of hydrogen-bond donors (Lipinski definition) is 2. The van der Waals surface area contributed by atoms with E-state index in [4.69, 9.17) is 0 Å². The third-order valence-corrected chi connectivity index (χ3v) is 5.16. The van der Waals surface area contributed by atoms with Gasteiger partial charge in [0.05, 0.1) is 11.1 Å². The Hall–Kier alpha value is -2.23. The summed E-state index contributed by atoms with van der Waals surface area (Å²) in [7, 11) is 0. The average molecular weight is 421 g/mol. The molecular formula is C19H21F6N3O. The Labute approximate surface area is 163 Å². The van der Waals surface area contributed by atoms with E-state index >= 15 is 0 Å². The Morgan fingerprint density at radius 3 is 2.17 bits per heavy atom. The number of carbonyl (C=O) groups excluding carboxylic acids is 1. The number of aromatic amines is 1. The summed E-state index contributed by atoms with van der Waals surface area (Å²) in [5.74, 6) is -0.151. The van der Waals surface area contributed by atoms with E-state index in [0.29, 0.717) is 32.2 Å². The predicted molar refractivity (Wildman–Crippen MR) is 95.4 cm³/mol. The van der Waals surface area contributed by atoms with Crippen LogP contribution in [0.15, 0.2) is 18.2 Å². The number of rotatable bonds is 3. The van der Waals surface area contributed by atoms with E-state index < -0.39 is 28.9 Å². The van der Waals surface area contributed by atoms with Crippen LogP contribution in [0.4, 0.5) is 26.3 Å². The van der Waals surface area contributed by atoms with Gasteiger partial charge in [0.15, 0.2) is 0 Å². The fourth-order valence-electron chi connectivity index (χ4n) is 3.50. The molecule has 0 atom stereocenters. The number of piperazine rings is 1. The van der Waals surface area contributed by atoms with Crippen LogP contribution in [0, 0.1) is 0 Å². The number of nitrogens with one attached hydrogen (secondary N) is 2. The highest BCUT2D eigenvalue weighted by Crippen LogP contribution is 2.41. The Kier molecular flexibility index (Phi) is 5.35. The van der Waals surface area contributed by atoms with Crippen LogP contribution in [0.25, 0.3) is 10.9 Å². The van der Waals surface area contributed by atoms with E-state index in [2.05, 4.69) is 10.3 Å². The van der Waals surface area contributed by atoms with Crippen LogP contribution in [-0.2, 0) is 22.6 Å². The lowest BCUT2D eigenvalue weighted by Gasteiger charge is -2.31. The molecule has 0 bridgehead atoms. The van der Waals surface area contributed by atoms with E-state index in [0.717, 1.165) is 0 Å². The normalized spacial score (nSPS) is 16.5. The zero-order valence-corrected chi connectivity index (χ0v) is 15.9. The van der Waals surface area contributed by atoms with E-state index in [9.17, 15) is 31.1 Å². The second kappa shape index (κ2) is 7.23. The number of H-pyrrole nitrogens is 1. The Morgan fingerprint density at radius 2 is 1.62 bits per heavy atom. The van der Waals surface area contributed by atoms with Gasteiger partial charge in [-0.25, -0.2) is 0 Å². The Balaban J connectivity index is 2.00. The Bertz CT molecular complexity index is 907. The van der Waals surface area contributed by atoms with Crippen LogP contribution < -0.4 is 5.32 Å². The monoisotopic (exact) mass is 421 g/mol. The first-order valence-corrected chi connectivity index (χ1v) is 9.09. The smallest absolute Gasteiger partial charge is 0.358 e. The van der Waals surface area contributed by atoms with Crippen LogP contribution >= 0.6 is 0 Å². The molecular weight excluding hydrogens is 400 g/mol. The fourth-order valence-corrected chi connectivity index (χ4v) is 3.50. The molecule has 1 aromatic heterocycles. The lowest BCUT2D eigenvalue weighted by Crippen LogP contribution is -2.47. The van der Waals surface area contributed by atoms with E-state index in [1.165, 1.54) is 6.07 Å². The van der Waals surface area contributed by atoms with Crippen LogP contribution in [0.5, 0.6) is 0 Å². The maximum atomic E-state index is 13.4. The predicted octanol–water partition coefficient (Wildman–Crippen LogP) is 4.31. The molecule has 0 unspecified atom stereocenters. The van der Waals surface area contributed by atoms with Gasteiger partial charge in [0.1, 0.15) is 0 Å². The van der Waals surface area contributed by atoms with Gasteiger partial charge in [0, 0.05) is 54.6 Å². The van der Waals surface area contributed by atoms with Gasteiger partial charge >= 0.3 is 12.4 Å². The van der Waals surface area contributed by atoms with Gasteiger partial charge in [0.25, 0.3) is 0 Å². The van der Waals surface area contributed by atoms with Gasteiger partial charge in [0.2, 0.25) is 5.91 Å². The zero-order valence-electron chi connectivity index (χ0n) is 15.9. The molecule has 4 nitrogen and oxygen atoms in total. The third-order valence-electron chi connectivity index (χ3n) is 5.16. The quantitative estimate of drug-likeness (QED) is 0.726. The van der Waals surface area contributed by atoms with Crippen molar-refractivity contribution in [2.24, 2.45) is 0 Å². The molecule has 160 valence electrons. The maximum Gasteiger partial charge on any atom is 0.417 e. The Morgan fingerprint density at radius 1 is 1.00 bits per heavy atom. The summed E-state index contributed by atoms with van der Waals surface area (Å²) in [5, 5.41) is 2.78. The van der Waals surface area contributed by atoms with Crippen molar-refractivity contribution in [2.75, 3.05) is 26.2 Å². The molecule has 1 aromatic carbocycles. The molecule has 1 saturated heterocycles. The molecule has 10 heteroatoms. The van der Waals surface area contributed by atoms with Crippen molar-refractivity contribution in [3.63, 3.8) is 0 Å². The summed E-state index contributed by atoms with van der Waals surface area (Å²) in [6, 6.07) is 1.99. The standard InChI is InChI=1S/C19H21F6N3O/c1-17(2,10-16(29)28-5-3-26-4-6-28)15-9-12-13(19(23,24)25)7-11(18(20,21)22)8-14(12)27-15/h7-9,26-27H,3-6,10H2,1-2H3. The molecule has 1 fully saturated rings. The minimum atomic E-state index is -4.94. The zero-order chi connectivity index (χ0) is 21.6. The lowest BCUT2D eigenvalue weighted by atomic mass is 9.85. The summed E-state index contributed by atoms with van der Waals surface area (Å²) in [5.41, 5.74) is -3.59. The molecule has 2 aromatic rings. The molecule has 1 aliphatic heterocycles. The molecule has 0 radical (unpaired) electrons. The largest absolute Gasteiger partial charge is 0.417 e. The number of aromatic nitrogens is 1. The number of benzene rings is 1. The van der Waals surface area contributed by atoms with Crippen molar-refractivity contribution in [2.45, 2.75) is 38.0 Å². The van der Waals surface area contributed by atoms with Gasteiger partial charge in [-0.1, -0.05) is 13.8 Å². The molecule has 2 N–H and O–H groups in total. The van der Waals surface area contributed by atoms with Crippen LogP contribution in [-0.4, -0.2) is 42.0 Å². The van der Waals surface area contributed by atoms with Gasteiger partial charge < -0.3 is 15.2 Å². The first-order valence-electron chi connectivity index (χ1n) is 9.09. The lowest BCUT2D eigenvalue weighted by molar-refractivity contribution is -0.142. The molecule has 1 aliphatic rings. The number of nitrogens with zero attached hydrogens (tertiary/aromatic N) is 1. The molecule has 0 aliphatic carbocycles. The highest BCUT2D eigenvalue weighted by atomic mass is 19.4. The summed E-state index contributed by atoms with van der Waals surface area (Å²) in [6.07, 6.45) is -9.83. The molecule has 3 rings (SSSR count). The number of halogens is 6. The maximum absolute atomic E-state index is 13.4. The summed E-state index contributed by atoms with van der Waals surface area (Å²) in [4.78, 5) is 16.9. The second-order valence-electron chi connectivity index (χ2n) is 7.86. The molecule has 1 amide bonds. The minimum Gasteiger partial charge on any atom is -0.358 e. The van der Waals surface area contributed by atoms with Gasteiger partial charge in [-0.15, -0.1) is 0 Å². The van der Waals surface area contributed by atoms with Gasteiger partial charge in [-0.2, -0.15) is 26.3 Å². The highest BCUT2D eigenvalue weighted by molar-refractivity contribution is 5.86. The number of fused-ring (bicyclic) bond motifs is 1. The number of amides is 1. The fraction of sp³-hybridized carbons (Fsp3) is 0.526. The number of carbonyl (C=O) groups is 1. The summed E-state index contributed by atoms with van der Waals surface area (Å²) >= 11 is 0.